The summed E-state index contributed by atoms with van der Waals surface area (Å²) in [5.74, 6) is -0.130. The first-order valence-corrected chi connectivity index (χ1v) is 10.8. The van der Waals surface area contributed by atoms with Crippen LogP contribution >= 0.6 is 0 Å². The van der Waals surface area contributed by atoms with Gasteiger partial charge < -0.3 is 25.0 Å². The van der Waals surface area contributed by atoms with E-state index in [0.29, 0.717) is 18.7 Å². The number of rotatable bonds is 4. The standard InChI is InChI=1S/C24H25N3O5/c1-14(26-11-15-6-2-3-7-17(15)24(26)31)23(30)27-12-16(28)10-20(27)22(29)25-19-13-32-21-9-5-4-8-18(19)21/h2-9,14,16,19-20,28H,10-13H2,1H3,(H,25,29)/t14-,16+,19-,20-/m0/s1. The summed E-state index contributed by atoms with van der Waals surface area (Å²) < 4.78 is 5.63. The molecule has 2 aromatic carbocycles. The van der Waals surface area contributed by atoms with Crippen molar-refractivity contribution in [3.8, 4) is 5.75 Å². The number of hydrogen-bond donors (Lipinski definition) is 2. The molecule has 2 aromatic rings. The molecule has 166 valence electrons. The minimum atomic E-state index is -0.798. The third-order valence-electron chi connectivity index (χ3n) is 6.56. The lowest BCUT2D eigenvalue weighted by molar-refractivity contribution is -0.142. The molecule has 0 bridgehead atoms. The van der Waals surface area contributed by atoms with E-state index in [0.717, 1.165) is 16.9 Å². The number of likely N-dealkylation sites (tertiary alicyclic amines) is 1. The summed E-state index contributed by atoms with van der Waals surface area (Å²) in [4.78, 5) is 42.2. The highest BCUT2D eigenvalue weighted by molar-refractivity contribution is 6.01. The molecule has 2 N–H and O–H groups in total. The molecule has 4 atom stereocenters. The number of fused-ring (bicyclic) bond motifs is 2. The van der Waals surface area contributed by atoms with Gasteiger partial charge in [-0.15, -0.1) is 0 Å². The van der Waals surface area contributed by atoms with Gasteiger partial charge in [-0.05, 0) is 24.6 Å². The molecule has 8 nitrogen and oxygen atoms in total. The SMILES string of the molecule is C[C@@H](C(=O)N1C[C@H](O)C[C@H]1C(=O)N[C@H]1COc2ccccc21)N1Cc2ccccc2C1=O. The summed E-state index contributed by atoms with van der Waals surface area (Å²) >= 11 is 0. The zero-order valence-electron chi connectivity index (χ0n) is 17.7. The maximum absolute atomic E-state index is 13.3. The number of benzene rings is 2. The molecule has 8 heteroatoms. The zero-order valence-corrected chi connectivity index (χ0v) is 17.7. The quantitative estimate of drug-likeness (QED) is 0.753. The van der Waals surface area contributed by atoms with E-state index in [4.69, 9.17) is 4.74 Å². The van der Waals surface area contributed by atoms with E-state index in [1.165, 1.54) is 9.80 Å². The number of nitrogens with one attached hydrogen (secondary N) is 1. The Morgan fingerprint density at radius 1 is 1.16 bits per heavy atom. The van der Waals surface area contributed by atoms with Crippen molar-refractivity contribution in [3.63, 3.8) is 0 Å². The lowest BCUT2D eigenvalue weighted by atomic mass is 10.1. The number of carbonyl (C=O) groups excluding carboxylic acids is 3. The minimum Gasteiger partial charge on any atom is -0.491 e. The fourth-order valence-corrected chi connectivity index (χ4v) is 4.82. The second-order valence-electron chi connectivity index (χ2n) is 8.57. The van der Waals surface area contributed by atoms with Crippen molar-refractivity contribution in [1.82, 2.24) is 15.1 Å². The van der Waals surface area contributed by atoms with Crippen LogP contribution in [0.4, 0.5) is 0 Å². The number of para-hydroxylation sites is 1. The molecular formula is C24H25N3O5. The van der Waals surface area contributed by atoms with Crippen LogP contribution in [0.25, 0.3) is 0 Å². The Labute approximate surface area is 185 Å². The molecule has 0 spiro atoms. The first kappa shape index (κ1) is 20.5. The monoisotopic (exact) mass is 435 g/mol. The Morgan fingerprint density at radius 2 is 1.91 bits per heavy atom. The number of aliphatic hydroxyl groups is 1. The Bertz CT molecular complexity index is 1090. The molecule has 32 heavy (non-hydrogen) atoms. The van der Waals surface area contributed by atoms with Gasteiger partial charge in [0, 0.05) is 30.6 Å². The van der Waals surface area contributed by atoms with Crippen molar-refractivity contribution >= 4 is 17.7 Å². The highest BCUT2D eigenvalue weighted by atomic mass is 16.5. The molecule has 1 saturated heterocycles. The van der Waals surface area contributed by atoms with Crippen molar-refractivity contribution in [1.29, 1.82) is 0 Å². The van der Waals surface area contributed by atoms with Crippen LogP contribution in [0, 0.1) is 0 Å². The molecule has 0 saturated carbocycles. The molecule has 3 aliphatic heterocycles. The van der Waals surface area contributed by atoms with Gasteiger partial charge in [-0.2, -0.15) is 0 Å². The number of hydrogen-bond acceptors (Lipinski definition) is 5. The number of nitrogens with zero attached hydrogens (tertiary/aromatic N) is 2. The van der Waals surface area contributed by atoms with E-state index in [9.17, 15) is 19.5 Å². The summed E-state index contributed by atoms with van der Waals surface area (Å²) in [6.07, 6.45) is -0.631. The van der Waals surface area contributed by atoms with E-state index in [2.05, 4.69) is 5.32 Å². The molecule has 0 aromatic heterocycles. The average molecular weight is 435 g/mol. The van der Waals surface area contributed by atoms with Crippen LogP contribution in [0.15, 0.2) is 48.5 Å². The van der Waals surface area contributed by atoms with Crippen molar-refractivity contribution in [2.45, 2.75) is 44.1 Å². The Morgan fingerprint density at radius 3 is 2.72 bits per heavy atom. The average Bonchev–Trinajstić information content (AvgIpc) is 3.49. The third-order valence-corrected chi connectivity index (χ3v) is 6.56. The van der Waals surface area contributed by atoms with Crippen LogP contribution in [-0.4, -0.2) is 64.0 Å². The van der Waals surface area contributed by atoms with Gasteiger partial charge in [0.15, 0.2) is 0 Å². The van der Waals surface area contributed by atoms with Gasteiger partial charge in [0.05, 0.1) is 12.1 Å². The lowest BCUT2D eigenvalue weighted by Crippen LogP contribution is -2.53. The molecule has 3 aliphatic rings. The summed E-state index contributed by atoms with van der Waals surface area (Å²) in [6, 6.07) is 13.0. The number of ether oxygens (including phenoxy) is 1. The topological polar surface area (TPSA) is 99.2 Å². The van der Waals surface area contributed by atoms with Gasteiger partial charge in [-0.1, -0.05) is 36.4 Å². The number of β-amino-alcohol motifs (C(OH)–C–C–N with tert-alkyl or cyclic N) is 1. The molecule has 3 amide bonds. The molecule has 1 fully saturated rings. The van der Waals surface area contributed by atoms with Crippen LogP contribution in [0.2, 0.25) is 0 Å². The van der Waals surface area contributed by atoms with Gasteiger partial charge in [-0.3, -0.25) is 14.4 Å². The Kier molecular flexibility index (Phi) is 5.09. The van der Waals surface area contributed by atoms with Crippen molar-refractivity contribution in [2.75, 3.05) is 13.2 Å². The second-order valence-corrected chi connectivity index (χ2v) is 8.57. The third kappa shape index (κ3) is 3.40. The first-order chi connectivity index (χ1) is 15.4. The maximum Gasteiger partial charge on any atom is 0.255 e. The van der Waals surface area contributed by atoms with Gasteiger partial charge in [0.25, 0.3) is 5.91 Å². The molecule has 0 radical (unpaired) electrons. The van der Waals surface area contributed by atoms with Crippen LogP contribution in [0.5, 0.6) is 5.75 Å². The highest BCUT2D eigenvalue weighted by Gasteiger charge is 2.44. The molecule has 0 unspecified atom stereocenters. The molecule has 3 heterocycles. The predicted molar refractivity (Wildman–Crippen MR) is 115 cm³/mol. The van der Waals surface area contributed by atoms with Crippen molar-refractivity contribution in [3.05, 3.63) is 65.2 Å². The van der Waals surface area contributed by atoms with E-state index < -0.39 is 18.2 Å². The van der Waals surface area contributed by atoms with Gasteiger partial charge in [0.1, 0.15) is 24.4 Å². The van der Waals surface area contributed by atoms with Gasteiger partial charge in [0.2, 0.25) is 11.8 Å². The van der Waals surface area contributed by atoms with Crippen LogP contribution in [0.3, 0.4) is 0 Å². The van der Waals surface area contributed by atoms with Crippen LogP contribution < -0.4 is 10.1 Å². The molecule has 0 aliphatic carbocycles. The highest BCUT2D eigenvalue weighted by Crippen LogP contribution is 2.32. The Balaban J connectivity index is 1.30. The zero-order chi connectivity index (χ0) is 22.4. The minimum absolute atomic E-state index is 0.0635. The summed E-state index contributed by atoms with van der Waals surface area (Å²) in [5, 5.41) is 13.2. The van der Waals surface area contributed by atoms with Crippen molar-refractivity contribution in [2.24, 2.45) is 0 Å². The Hall–Kier alpha value is -3.39. The van der Waals surface area contributed by atoms with E-state index in [1.807, 2.05) is 36.4 Å². The van der Waals surface area contributed by atoms with Crippen LogP contribution in [-0.2, 0) is 16.1 Å². The normalized spacial score (nSPS) is 24.7. The number of aliphatic hydroxyl groups excluding tert-OH is 1. The molecule has 5 rings (SSSR count). The largest absolute Gasteiger partial charge is 0.491 e. The summed E-state index contributed by atoms with van der Waals surface area (Å²) in [5.41, 5.74) is 2.38. The first-order valence-electron chi connectivity index (χ1n) is 10.8. The fourth-order valence-electron chi connectivity index (χ4n) is 4.82. The van der Waals surface area contributed by atoms with E-state index >= 15 is 0 Å². The summed E-state index contributed by atoms with van der Waals surface area (Å²) in [6.45, 7) is 2.41. The predicted octanol–water partition coefficient (Wildman–Crippen LogP) is 1.24. The molecular weight excluding hydrogens is 410 g/mol. The number of carbonyl (C=O) groups is 3. The maximum atomic E-state index is 13.3. The summed E-state index contributed by atoms with van der Waals surface area (Å²) in [7, 11) is 0. The smallest absolute Gasteiger partial charge is 0.255 e. The fraction of sp³-hybridized carbons (Fsp3) is 0.375. The van der Waals surface area contributed by atoms with Gasteiger partial charge >= 0.3 is 0 Å². The van der Waals surface area contributed by atoms with E-state index in [1.54, 1.807) is 19.1 Å². The van der Waals surface area contributed by atoms with E-state index in [-0.39, 0.29) is 36.7 Å². The van der Waals surface area contributed by atoms with Gasteiger partial charge in [-0.25, -0.2) is 0 Å². The number of amides is 3. The van der Waals surface area contributed by atoms with Crippen LogP contribution in [0.1, 0.15) is 40.9 Å². The lowest BCUT2D eigenvalue weighted by Gasteiger charge is -2.31. The van der Waals surface area contributed by atoms with Crippen molar-refractivity contribution < 1.29 is 24.2 Å². The second kappa shape index (κ2) is 7.94.